The van der Waals surface area contributed by atoms with E-state index in [-0.39, 0.29) is 43.8 Å². The molecule has 1 aromatic carbocycles. The third kappa shape index (κ3) is 2.37. The van der Waals surface area contributed by atoms with Crippen molar-refractivity contribution in [2.75, 3.05) is 0 Å². The zero-order valence-corrected chi connectivity index (χ0v) is 5.94. The van der Waals surface area contributed by atoms with Gasteiger partial charge in [-0.3, -0.25) is 0 Å². The first-order valence-corrected chi connectivity index (χ1v) is 3.01. The molecule has 0 fully saturated rings. The second kappa shape index (κ2) is 4.95. The Morgan fingerprint density at radius 3 is 2.00 bits per heavy atom. The fourth-order valence-electron chi connectivity index (χ4n) is 0.728. The number of rotatable bonds is 1. The van der Waals surface area contributed by atoms with Gasteiger partial charge in [0.05, 0.1) is 0 Å². The SMILES string of the molecule is O=C(O)c1cc(F)c(F)c(F)c1F.[CaH2]. The van der Waals surface area contributed by atoms with Crippen molar-refractivity contribution in [1.29, 1.82) is 0 Å². The molecule has 0 aromatic heterocycles. The van der Waals surface area contributed by atoms with Gasteiger partial charge in [0.25, 0.3) is 0 Å². The van der Waals surface area contributed by atoms with Crippen LogP contribution in [0.25, 0.3) is 0 Å². The van der Waals surface area contributed by atoms with E-state index in [0.29, 0.717) is 0 Å². The monoisotopic (exact) mass is 236 g/mol. The predicted octanol–water partition coefficient (Wildman–Crippen LogP) is 1.02. The molecule has 2 nitrogen and oxygen atoms in total. The van der Waals surface area contributed by atoms with Crippen molar-refractivity contribution in [2.24, 2.45) is 0 Å². The molecule has 14 heavy (non-hydrogen) atoms. The number of benzene rings is 1. The van der Waals surface area contributed by atoms with E-state index in [1.54, 1.807) is 0 Å². The third-order valence-corrected chi connectivity index (χ3v) is 1.33. The number of aromatic carboxylic acids is 1. The van der Waals surface area contributed by atoms with Crippen LogP contribution in [-0.2, 0) is 0 Å². The van der Waals surface area contributed by atoms with Gasteiger partial charge in [0, 0.05) is 0 Å². The zero-order chi connectivity index (χ0) is 10.2. The molecule has 0 atom stereocenters. The Labute approximate surface area is 106 Å². The minimum absolute atomic E-state index is 0. The summed E-state index contributed by atoms with van der Waals surface area (Å²) in [6, 6.07) is 0.0794. The van der Waals surface area contributed by atoms with E-state index in [2.05, 4.69) is 0 Å². The van der Waals surface area contributed by atoms with Gasteiger partial charge in [0.15, 0.2) is 23.3 Å². The topological polar surface area (TPSA) is 37.3 Å². The van der Waals surface area contributed by atoms with E-state index in [4.69, 9.17) is 5.11 Å². The maximum absolute atomic E-state index is 12.5. The normalized spacial score (nSPS) is 9.43. The summed E-state index contributed by atoms with van der Waals surface area (Å²) in [5, 5.41) is 8.21. The molecule has 0 saturated carbocycles. The standard InChI is InChI=1S/C7H2F4O2.Ca.2H/c8-3-1-2(7(12)13)4(9)6(11)5(3)10;;;/h1H,(H,12,13);;;. The van der Waals surface area contributed by atoms with Crippen molar-refractivity contribution in [3.05, 3.63) is 34.9 Å². The Bertz CT molecular complexity index is 380. The Morgan fingerprint density at radius 1 is 1.07 bits per heavy atom. The van der Waals surface area contributed by atoms with Crippen molar-refractivity contribution in [3.8, 4) is 0 Å². The van der Waals surface area contributed by atoms with E-state index in [1.165, 1.54) is 0 Å². The van der Waals surface area contributed by atoms with Crippen LogP contribution in [-0.4, -0.2) is 48.8 Å². The molecule has 0 saturated heterocycles. The third-order valence-electron chi connectivity index (χ3n) is 1.33. The van der Waals surface area contributed by atoms with Gasteiger partial charge in [0.2, 0.25) is 0 Å². The number of hydrogen-bond donors (Lipinski definition) is 1. The van der Waals surface area contributed by atoms with Crippen molar-refractivity contribution in [2.45, 2.75) is 0 Å². The first kappa shape index (κ1) is 13.7. The van der Waals surface area contributed by atoms with Crippen LogP contribution in [0.4, 0.5) is 17.6 Å². The maximum atomic E-state index is 12.5. The first-order valence-electron chi connectivity index (χ1n) is 3.01. The molecule has 1 N–H and O–H groups in total. The van der Waals surface area contributed by atoms with Gasteiger partial charge in [-0.05, 0) is 6.07 Å². The summed E-state index contributed by atoms with van der Waals surface area (Å²) in [6.45, 7) is 0. The molecule has 0 amide bonds. The van der Waals surface area contributed by atoms with Gasteiger partial charge >= 0.3 is 43.7 Å². The number of halogens is 4. The quantitative estimate of drug-likeness (QED) is 0.342. The summed E-state index contributed by atoms with van der Waals surface area (Å²) < 4.78 is 49.5. The van der Waals surface area contributed by atoms with Crippen LogP contribution in [0.2, 0.25) is 0 Å². The van der Waals surface area contributed by atoms with Gasteiger partial charge in [0.1, 0.15) is 5.56 Å². The fourth-order valence-corrected chi connectivity index (χ4v) is 0.728. The Hall–Kier alpha value is -0.330. The van der Waals surface area contributed by atoms with Gasteiger partial charge in [-0.15, -0.1) is 0 Å². The molecule has 0 bridgehead atoms. The van der Waals surface area contributed by atoms with Crippen LogP contribution < -0.4 is 0 Å². The molecule has 0 spiro atoms. The van der Waals surface area contributed by atoms with Crippen molar-refractivity contribution in [3.63, 3.8) is 0 Å². The predicted molar refractivity (Wildman–Crippen MR) is 41.8 cm³/mol. The molecule has 7 heteroatoms. The van der Waals surface area contributed by atoms with Crippen LogP contribution >= 0.6 is 0 Å². The summed E-state index contributed by atoms with van der Waals surface area (Å²) in [6.07, 6.45) is 0. The second-order valence-corrected chi connectivity index (χ2v) is 2.15. The minimum atomic E-state index is -2.13. The molecule has 0 aliphatic carbocycles. The first-order chi connectivity index (χ1) is 5.95. The number of carbonyl (C=O) groups is 1. The van der Waals surface area contributed by atoms with Crippen LogP contribution in [0.15, 0.2) is 6.07 Å². The summed E-state index contributed by atoms with van der Waals surface area (Å²) in [5.74, 6) is -9.67. The number of hydrogen-bond acceptors (Lipinski definition) is 1. The van der Waals surface area contributed by atoms with E-state index in [9.17, 15) is 22.4 Å². The van der Waals surface area contributed by atoms with E-state index in [0.717, 1.165) is 0 Å². The van der Waals surface area contributed by atoms with Crippen molar-refractivity contribution in [1.82, 2.24) is 0 Å². The summed E-state index contributed by atoms with van der Waals surface area (Å²) in [4.78, 5) is 10.1. The Balaban J connectivity index is 0.00000169. The molecule has 0 radical (unpaired) electrons. The van der Waals surface area contributed by atoms with Crippen molar-refractivity contribution >= 4 is 43.7 Å². The molecule has 0 aliphatic heterocycles. The van der Waals surface area contributed by atoms with Crippen LogP contribution in [0, 0.1) is 23.3 Å². The van der Waals surface area contributed by atoms with Gasteiger partial charge in [-0.25, -0.2) is 22.4 Å². The molecule has 0 heterocycles. The van der Waals surface area contributed by atoms with E-state index in [1.807, 2.05) is 0 Å². The molecule has 1 rings (SSSR count). The number of carboxylic acid groups (broad SMARTS) is 1. The van der Waals surface area contributed by atoms with Crippen LogP contribution in [0.3, 0.4) is 0 Å². The van der Waals surface area contributed by atoms with Crippen LogP contribution in [0.1, 0.15) is 10.4 Å². The summed E-state index contributed by atoms with van der Waals surface area (Å²) >= 11 is 0. The van der Waals surface area contributed by atoms with Crippen molar-refractivity contribution < 1.29 is 27.5 Å². The fraction of sp³-hybridized carbons (Fsp3) is 0. The Morgan fingerprint density at radius 2 is 1.57 bits per heavy atom. The average Bonchev–Trinajstić information content (AvgIpc) is 2.07. The molecular weight excluding hydrogens is 232 g/mol. The summed E-state index contributed by atoms with van der Waals surface area (Å²) in [7, 11) is 0. The molecule has 0 unspecified atom stereocenters. The number of carboxylic acids is 1. The van der Waals surface area contributed by atoms with Gasteiger partial charge in [-0.1, -0.05) is 0 Å². The average molecular weight is 236 g/mol. The molecular formula is C7H4CaF4O2. The van der Waals surface area contributed by atoms with Gasteiger partial charge in [-0.2, -0.15) is 0 Å². The van der Waals surface area contributed by atoms with Crippen LogP contribution in [0.5, 0.6) is 0 Å². The van der Waals surface area contributed by atoms with Gasteiger partial charge < -0.3 is 5.11 Å². The van der Waals surface area contributed by atoms with E-state index >= 15 is 0 Å². The second-order valence-electron chi connectivity index (χ2n) is 2.15. The molecule has 74 valence electrons. The van der Waals surface area contributed by atoms with E-state index < -0.39 is 34.8 Å². The summed E-state index contributed by atoms with van der Waals surface area (Å²) in [5.41, 5.74) is -1.24. The molecule has 1 aromatic rings. The molecule has 0 aliphatic rings. The zero-order valence-electron chi connectivity index (χ0n) is 5.94. The Kier molecular flexibility index (Phi) is 4.83.